The Morgan fingerprint density at radius 2 is 2.21 bits per heavy atom. The minimum absolute atomic E-state index is 0.0316. The first-order chi connectivity index (χ1) is 13.5. The van der Waals surface area contributed by atoms with Crippen LogP contribution in [-0.4, -0.2) is 28.7 Å². The van der Waals surface area contributed by atoms with Crippen molar-refractivity contribution in [2.45, 2.75) is 25.4 Å². The van der Waals surface area contributed by atoms with Crippen LogP contribution in [0.4, 0.5) is 10.3 Å². The number of hydrogen-bond donors (Lipinski definition) is 1. The molecule has 2 aromatic heterocycles. The Kier molecular flexibility index (Phi) is 5.06. The van der Waals surface area contributed by atoms with E-state index in [1.165, 1.54) is 4.57 Å². The molecular formula is C19H17ClFN5OS. The van der Waals surface area contributed by atoms with E-state index in [0.717, 1.165) is 12.8 Å². The quantitative estimate of drug-likeness (QED) is 0.707. The summed E-state index contributed by atoms with van der Waals surface area (Å²) in [6.07, 6.45) is 1.77. The van der Waals surface area contributed by atoms with Crippen LogP contribution < -0.4 is 16.2 Å². The van der Waals surface area contributed by atoms with Crippen molar-refractivity contribution in [3.05, 3.63) is 55.9 Å². The largest absolute Gasteiger partial charge is 0.341 e. The van der Waals surface area contributed by atoms with Crippen LogP contribution in [0.1, 0.15) is 24.0 Å². The number of hydrogen-bond acceptors (Lipinski definition) is 6. The Hall–Kier alpha value is -2.47. The lowest BCUT2D eigenvalue weighted by molar-refractivity contribution is 0.492. The molecule has 3 heterocycles. The zero-order chi connectivity index (χ0) is 19.8. The third kappa shape index (κ3) is 3.26. The van der Waals surface area contributed by atoms with Gasteiger partial charge in [-0.3, -0.25) is 9.36 Å². The van der Waals surface area contributed by atoms with E-state index in [0.29, 0.717) is 41.5 Å². The molecule has 0 saturated carbocycles. The van der Waals surface area contributed by atoms with Crippen LogP contribution in [0.25, 0.3) is 10.2 Å². The fraction of sp³-hybridized carbons (Fsp3) is 0.316. The van der Waals surface area contributed by atoms with E-state index in [9.17, 15) is 14.4 Å². The molecule has 4 rings (SSSR count). The predicted octanol–water partition coefficient (Wildman–Crippen LogP) is 3.10. The van der Waals surface area contributed by atoms with Gasteiger partial charge in [-0.2, -0.15) is 9.65 Å². The molecule has 1 aromatic carbocycles. The Bertz CT molecular complexity index is 1150. The summed E-state index contributed by atoms with van der Waals surface area (Å²) >= 11 is 6.75. The summed E-state index contributed by atoms with van der Waals surface area (Å²) in [6, 6.07) is 9.19. The molecule has 0 radical (unpaired) electrons. The van der Waals surface area contributed by atoms with Gasteiger partial charge in [0.15, 0.2) is 5.13 Å². The molecule has 0 spiro atoms. The molecule has 1 saturated heterocycles. The highest BCUT2D eigenvalue weighted by Gasteiger charge is 2.25. The summed E-state index contributed by atoms with van der Waals surface area (Å²) in [7, 11) is 0. The van der Waals surface area contributed by atoms with E-state index >= 15 is 0 Å². The average molecular weight is 418 g/mol. The van der Waals surface area contributed by atoms with Gasteiger partial charge in [-0.1, -0.05) is 41.1 Å². The Morgan fingerprint density at radius 3 is 2.96 bits per heavy atom. The van der Waals surface area contributed by atoms with E-state index in [1.54, 1.807) is 18.2 Å². The number of thiophene rings is 1. The number of nitrogens with zero attached hydrogens (tertiary/aromatic N) is 4. The van der Waals surface area contributed by atoms with Gasteiger partial charge in [-0.25, -0.2) is 4.98 Å². The van der Waals surface area contributed by atoms with Crippen molar-refractivity contribution in [2.24, 2.45) is 5.73 Å². The Balaban J connectivity index is 1.92. The number of aromatic nitrogens is 2. The van der Waals surface area contributed by atoms with Crippen LogP contribution in [-0.2, 0) is 6.54 Å². The number of halogens is 2. The summed E-state index contributed by atoms with van der Waals surface area (Å²) in [5.74, 6) is 0.403. The minimum Gasteiger partial charge on any atom is -0.341 e. The van der Waals surface area contributed by atoms with Crippen molar-refractivity contribution in [1.29, 1.82) is 5.26 Å². The number of anilines is 1. The van der Waals surface area contributed by atoms with Crippen molar-refractivity contribution in [3.63, 3.8) is 0 Å². The molecule has 1 fully saturated rings. The first-order valence-electron chi connectivity index (χ1n) is 8.86. The van der Waals surface area contributed by atoms with Gasteiger partial charge in [0.05, 0.1) is 18.2 Å². The highest BCUT2D eigenvalue weighted by molar-refractivity contribution is 7.18. The maximum Gasteiger partial charge on any atom is 0.273 e. The predicted molar refractivity (Wildman–Crippen MR) is 109 cm³/mol. The van der Waals surface area contributed by atoms with Gasteiger partial charge in [0, 0.05) is 19.1 Å². The van der Waals surface area contributed by atoms with Crippen LogP contribution in [0.15, 0.2) is 29.1 Å². The lowest BCUT2D eigenvalue weighted by Crippen LogP contribution is -2.45. The second kappa shape index (κ2) is 7.51. The number of benzene rings is 1. The molecule has 9 heteroatoms. The van der Waals surface area contributed by atoms with Crippen LogP contribution in [0.2, 0.25) is 5.02 Å². The fourth-order valence-corrected chi connectivity index (χ4v) is 4.62. The number of fused-ring (bicyclic) bond motifs is 1. The third-order valence-corrected chi connectivity index (χ3v) is 6.30. The van der Waals surface area contributed by atoms with Gasteiger partial charge < -0.3 is 10.6 Å². The molecule has 1 aliphatic heterocycles. The van der Waals surface area contributed by atoms with Crippen LogP contribution >= 0.6 is 22.9 Å². The molecule has 0 amide bonds. The van der Waals surface area contributed by atoms with Crippen molar-refractivity contribution in [3.8, 4) is 6.07 Å². The number of nitrogens with two attached hydrogens (primary N) is 1. The highest BCUT2D eigenvalue weighted by Crippen LogP contribution is 2.32. The minimum atomic E-state index is -0.627. The first kappa shape index (κ1) is 18.9. The van der Waals surface area contributed by atoms with E-state index < -0.39 is 5.13 Å². The molecular weight excluding hydrogens is 401 g/mol. The second-order valence-electron chi connectivity index (χ2n) is 6.79. The average Bonchev–Trinajstić information content (AvgIpc) is 2.99. The maximum absolute atomic E-state index is 14.0. The normalized spacial score (nSPS) is 17.1. The fourth-order valence-electron chi connectivity index (χ4n) is 3.51. The summed E-state index contributed by atoms with van der Waals surface area (Å²) in [4.78, 5) is 19.7. The maximum atomic E-state index is 14.0. The highest BCUT2D eigenvalue weighted by atomic mass is 35.5. The molecule has 144 valence electrons. The zero-order valence-electron chi connectivity index (χ0n) is 14.9. The van der Waals surface area contributed by atoms with Gasteiger partial charge in [0.25, 0.3) is 5.56 Å². The molecule has 6 nitrogen and oxygen atoms in total. The van der Waals surface area contributed by atoms with E-state index in [2.05, 4.69) is 11.1 Å². The lowest BCUT2D eigenvalue weighted by atomic mass is 10.1. The smallest absolute Gasteiger partial charge is 0.273 e. The standard InChI is InChI=1S/C19H17ClFN5OS/c20-14-15-16(28-17(14)21)18(27)26(9-12-5-2-1-4-11(12)8-22)19(24-15)25-7-3-6-13(23)10-25/h1-2,4-5,13H,3,6-7,9-10,23H2. The summed E-state index contributed by atoms with van der Waals surface area (Å²) in [5.41, 5.74) is 7.08. The van der Waals surface area contributed by atoms with Gasteiger partial charge in [0.2, 0.25) is 5.95 Å². The zero-order valence-corrected chi connectivity index (χ0v) is 16.4. The molecule has 1 unspecified atom stereocenters. The third-order valence-electron chi connectivity index (χ3n) is 4.89. The Labute approximate surface area is 169 Å². The molecule has 28 heavy (non-hydrogen) atoms. The van der Waals surface area contributed by atoms with Gasteiger partial charge in [-0.05, 0) is 24.5 Å². The Morgan fingerprint density at radius 1 is 1.43 bits per heavy atom. The van der Waals surface area contributed by atoms with Crippen molar-refractivity contribution < 1.29 is 4.39 Å². The second-order valence-corrected chi connectivity index (χ2v) is 8.14. The summed E-state index contributed by atoms with van der Waals surface area (Å²) < 4.78 is 15.7. The summed E-state index contributed by atoms with van der Waals surface area (Å²) in [5, 5.41) is 8.62. The topological polar surface area (TPSA) is 87.9 Å². The number of piperidine rings is 1. The van der Waals surface area contributed by atoms with E-state index in [4.69, 9.17) is 17.3 Å². The molecule has 2 N–H and O–H groups in total. The van der Waals surface area contributed by atoms with E-state index in [-0.39, 0.29) is 33.4 Å². The van der Waals surface area contributed by atoms with Gasteiger partial charge in [0.1, 0.15) is 15.2 Å². The monoisotopic (exact) mass is 417 g/mol. The first-order valence-corrected chi connectivity index (χ1v) is 10.1. The SMILES string of the molecule is N#Cc1ccccc1Cn1c(N2CCCC(N)C2)nc2c(Cl)c(F)sc2c1=O. The van der Waals surface area contributed by atoms with E-state index in [1.807, 2.05) is 11.0 Å². The molecule has 1 aliphatic rings. The van der Waals surface area contributed by atoms with Crippen molar-refractivity contribution in [1.82, 2.24) is 9.55 Å². The lowest BCUT2D eigenvalue weighted by Gasteiger charge is -2.33. The molecule has 1 atom stereocenters. The van der Waals surface area contributed by atoms with Crippen molar-refractivity contribution in [2.75, 3.05) is 18.0 Å². The van der Waals surface area contributed by atoms with Gasteiger partial charge >= 0.3 is 0 Å². The van der Waals surface area contributed by atoms with Gasteiger partial charge in [-0.15, -0.1) is 0 Å². The summed E-state index contributed by atoms with van der Waals surface area (Å²) in [6.45, 7) is 1.39. The molecule has 0 aliphatic carbocycles. The number of nitriles is 1. The molecule has 3 aromatic rings. The van der Waals surface area contributed by atoms with Crippen molar-refractivity contribution >= 4 is 39.1 Å². The van der Waals surface area contributed by atoms with Crippen LogP contribution in [0.5, 0.6) is 0 Å². The molecule has 0 bridgehead atoms. The van der Waals surface area contributed by atoms with Crippen LogP contribution in [0, 0.1) is 16.5 Å². The van der Waals surface area contributed by atoms with Crippen LogP contribution in [0.3, 0.4) is 0 Å². The number of rotatable bonds is 3.